The van der Waals surface area contributed by atoms with Crippen LogP contribution < -0.4 is 15.8 Å². The Morgan fingerprint density at radius 3 is 2.03 bits per heavy atom. The highest BCUT2D eigenvalue weighted by molar-refractivity contribution is 7.89. The van der Waals surface area contributed by atoms with Crippen LogP contribution in [-0.2, 0) is 24.3 Å². The fourth-order valence-corrected chi connectivity index (χ4v) is 3.72. The van der Waals surface area contributed by atoms with Crippen LogP contribution in [0.4, 0.5) is 5.69 Å². The Bertz CT molecular complexity index is 1280. The first-order chi connectivity index (χ1) is 16.6. The Balaban J connectivity index is 1.62. The predicted octanol–water partition coefficient (Wildman–Crippen LogP) is 2.77. The number of nitrogens with one attached hydrogen (secondary N) is 2. The molecule has 10 heteroatoms. The molecule has 0 aliphatic carbocycles. The van der Waals surface area contributed by atoms with Gasteiger partial charge in [0.2, 0.25) is 10.0 Å². The summed E-state index contributed by atoms with van der Waals surface area (Å²) in [5.41, 5.74) is 1.46. The van der Waals surface area contributed by atoms with Crippen molar-refractivity contribution in [1.82, 2.24) is 5.32 Å². The highest BCUT2D eigenvalue weighted by Crippen LogP contribution is 2.19. The fraction of sp³-hybridized carbons (Fsp3) is 0.160. The molecule has 3 aromatic rings. The number of anilines is 1. The third kappa shape index (κ3) is 7.49. The van der Waals surface area contributed by atoms with Gasteiger partial charge >= 0.3 is 5.97 Å². The van der Waals surface area contributed by atoms with E-state index in [-0.39, 0.29) is 17.2 Å². The summed E-state index contributed by atoms with van der Waals surface area (Å²) in [5, 5.41) is 10.4. The zero-order valence-electron chi connectivity index (χ0n) is 18.9. The maximum absolute atomic E-state index is 12.7. The first-order valence-corrected chi connectivity index (χ1v) is 12.2. The van der Waals surface area contributed by atoms with Gasteiger partial charge in [-0.15, -0.1) is 0 Å². The van der Waals surface area contributed by atoms with Crippen LogP contribution in [-0.4, -0.2) is 32.3 Å². The molecular weight excluding hydrogens is 470 g/mol. The number of rotatable bonds is 9. The summed E-state index contributed by atoms with van der Waals surface area (Å²) in [6, 6.07) is 22.1. The Morgan fingerprint density at radius 2 is 1.46 bits per heavy atom. The molecule has 0 spiro atoms. The molecule has 0 radical (unpaired) electrons. The monoisotopic (exact) mass is 495 g/mol. The van der Waals surface area contributed by atoms with Gasteiger partial charge in [0, 0.05) is 11.3 Å². The molecule has 3 aromatic carbocycles. The SMILES string of the molecule is C[C@@H](OC(=O)C[C@H](NC(=O)c1ccccc1)c1ccccc1)C(=O)Nc1ccc(S(N)(=O)=O)cc1. The lowest BCUT2D eigenvalue weighted by Gasteiger charge is -2.20. The molecule has 35 heavy (non-hydrogen) atoms. The summed E-state index contributed by atoms with van der Waals surface area (Å²) >= 11 is 0. The topological polar surface area (TPSA) is 145 Å². The second-order valence-corrected chi connectivity index (χ2v) is 9.26. The second-order valence-electron chi connectivity index (χ2n) is 7.70. The lowest BCUT2D eigenvalue weighted by Crippen LogP contribution is -2.33. The third-order valence-corrected chi connectivity index (χ3v) is 5.97. The van der Waals surface area contributed by atoms with Gasteiger partial charge in [-0.3, -0.25) is 14.4 Å². The zero-order chi connectivity index (χ0) is 25.4. The Hall–Kier alpha value is -4.02. The summed E-state index contributed by atoms with van der Waals surface area (Å²) in [6.07, 6.45) is -1.33. The number of esters is 1. The Labute approximate surface area is 203 Å². The molecule has 0 heterocycles. The minimum absolute atomic E-state index is 0.0977. The van der Waals surface area contributed by atoms with E-state index < -0.39 is 34.0 Å². The van der Waals surface area contributed by atoms with E-state index in [4.69, 9.17) is 9.88 Å². The van der Waals surface area contributed by atoms with Crippen molar-refractivity contribution in [2.45, 2.75) is 30.4 Å². The molecule has 0 unspecified atom stereocenters. The predicted molar refractivity (Wildman–Crippen MR) is 130 cm³/mol. The molecule has 0 fully saturated rings. The van der Waals surface area contributed by atoms with E-state index in [9.17, 15) is 22.8 Å². The standard InChI is InChI=1S/C25H25N3O6S/c1-17(24(30)27-20-12-14-21(15-13-20)35(26,32)33)34-23(29)16-22(18-8-4-2-5-9-18)28-25(31)19-10-6-3-7-11-19/h2-15,17,22H,16H2,1H3,(H,27,30)(H,28,31)(H2,26,32,33)/t17-,22+/m1/s1. The van der Waals surface area contributed by atoms with Crippen LogP contribution in [0.1, 0.15) is 35.3 Å². The van der Waals surface area contributed by atoms with Crippen molar-refractivity contribution in [3.63, 3.8) is 0 Å². The van der Waals surface area contributed by atoms with Gasteiger partial charge in [-0.2, -0.15) is 0 Å². The summed E-state index contributed by atoms with van der Waals surface area (Å²) in [4.78, 5) is 37.6. The quantitative estimate of drug-likeness (QED) is 0.389. The average Bonchev–Trinajstić information content (AvgIpc) is 2.84. The largest absolute Gasteiger partial charge is 0.452 e. The molecule has 2 atom stereocenters. The van der Waals surface area contributed by atoms with E-state index in [1.165, 1.54) is 31.2 Å². The summed E-state index contributed by atoms with van der Waals surface area (Å²) < 4.78 is 28.0. The number of amides is 2. The number of carbonyl (C=O) groups excluding carboxylic acids is 3. The summed E-state index contributed by atoms with van der Waals surface area (Å²) in [6.45, 7) is 1.41. The number of primary sulfonamides is 1. The van der Waals surface area contributed by atoms with Crippen molar-refractivity contribution in [3.8, 4) is 0 Å². The van der Waals surface area contributed by atoms with Crippen molar-refractivity contribution < 1.29 is 27.5 Å². The molecule has 0 saturated heterocycles. The lowest BCUT2D eigenvalue weighted by atomic mass is 10.0. The molecule has 2 amide bonds. The molecule has 3 rings (SSSR count). The van der Waals surface area contributed by atoms with E-state index in [0.29, 0.717) is 16.8 Å². The highest BCUT2D eigenvalue weighted by atomic mass is 32.2. The van der Waals surface area contributed by atoms with Crippen molar-refractivity contribution in [2.24, 2.45) is 5.14 Å². The molecule has 0 aromatic heterocycles. The van der Waals surface area contributed by atoms with Crippen LogP contribution in [0.3, 0.4) is 0 Å². The molecular formula is C25H25N3O6S. The van der Waals surface area contributed by atoms with Crippen LogP contribution in [0.5, 0.6) is 0 Å². The van der Waals surface area contributed by atoms with Gasteiger partial charge < -0.3 is 15.4 Å². The summed E-state index contributed by atoms with van der Waals surface area (Å²) in [5.74, 6) is -1.63. The van der Waals surface area contributed by atoms with Gasteiger partial charge in [-0.1, -0.05) is 48.5 Å². The Morgan fingerprint density at radius 1 is 0.886 bits per heavy atom. The third-order valence-electron chi connectivity index (χ3n) is 5.04. The summed E-state index contributed by atoms with van der Waals surface area (Å²) in [7, 11) is -3.85. The van der Waals surface area contributed by atoms with E-state index in [1.54, 1.807) is 54.6 Å². The first-order valence-electron chi connectivity index (χ1n) is 10.7. The molecule has 0 saturated carbocycles. The molecule has 182 valence electrons. The van der Waals surface area contributed by atoms with Gasteiger partial charge in [-0.25, -0.2) is 13.6 Å². The number of sulfonamides is 1. The number of hydrogen-bond acceptors (Lipinski definition) is 6. The van der Waals surface area contributed by atoms with Gasteiger partial charge in [-0.05, 0) is 48.9 Å². The maximum Gasteiger partial charge on any atom is 0.309 e. The van der Waals surface area contributed by atoms with Crippen molar-refractivity contribution in [3.05, 3.63) is 96.1 Å². The lowest BCUT2D eigenvalue weighted by molar-refractivity contribution is -0.153. The number of hydrogen-bond donors (Lipinski definition) is 3. The van der Waals surface area contributed by atoms with Gasteiger partial charge in [0.15, 0.2) is 6.10 Å². The number of carbonyl (C=O) groups is 3. The van der Waals surface area contributed by atoms with Crippen molar-refractivity contribution in [2.75, 3.05) is 5.32 Å². The Kier molecular flexibility index (Phi) is 8.34. The van der Waals surface area contributed by atoms with Crippen LogP contribution >= 0.6 is 0 Å². The minimum Gasteiger partial charge on any atom is -0.452 e. The highest BCUT2D eigenvalue weighted by Gasteiger charge is 2.24. The number of ether oxygens (including phenoxy) is 1. The van der Waals surface area contributed by atoms with Crippen molar-refractivity contribution >= 4 is 33.5 Å². The maximum atomic E-state index is 12.7. The molecule has 0 aliphatic rings. The number of nitrogens with two attached hydrogens (primary N) is 1. The second kappa shape index (κ2) is 11.4. The normalized spacial score (nSPS) is 12.7. The molecule has 0 aliphatic heterocycles. The van der Waals surface area contributed by atoms with Crippen molar-refractivity contribution in [1.29, 1.82) is 0 Å². The molecule has 9 nitrogen and oxygen atoms in total. The number of benzene rings is 3. The van der Waals surface area contributed by atoms with Crippen LogP contribution in [0.25, 0.3) is 0 Å². The van der Waals surface area contributed by atoms with E-state index >= 15 is 0 Å². The van der Waals surface area contributed by atoms with Gasteiger partial charge in [0.1, 0.15) is 0 Å². The van der Waals surface area contributed by atoms with Gasteiger partial charge in [0.25, 0.3) is 11.8 Å². The smallest absolute Gasteiger partial charge is 0.309 e. The van der Waals surface area contributed by atoms with E-state index in [1.807, 2.05) is 6.07 Å². The van der Waals surface area contributed by atoms with E-state index in [2.05, 4.69) is 10.6 Å². The van der Waals surface area contributed by atoms with Crippen LogP contribution in [0, 0.1) is 0 Å². The zero-order valence-corrected chi connectivity index (χ0v) is 19.7. The van der Waals surface area contributed by atoms with Gasteiger partial charge in [0.05, 0.1) is 17.4 Å². The van der Waals surface area contributed by atoms with Crippen LogP contribution in [0.2, 0.25) is 0 Å². The average molecular weight is 496 g/mol. The van der Waals surface area contributed by atoms with E-state index in [0.717, 1.165) is 0 Å². The first kappa shape index (κ1) is 25.6. The molecule has 4 N–H and O–H groups in total. The molecule has 0 bridgehead atoms. The fourth-order valence-electron chi connectivity index (χ4n) is 3.21. The minimum atomic E-state index is -3.85. The van der Waals surface area contributed by atoms with Crippen LogP contribution in [0.15, 0.2) is 89.8 Å².